The molecule has 0 saturated carbocycles. The summed E-state index contributed by atoms with van der Waals surface area (Å²) in [4.78, 5) is 2.46. The monoisotopic (exact) mass is 398 g/mol. The number of hydrogen-bond acceptors (Lipinski definition) is 4. The second-order valence-electron chi connectivity index (χ2n) is 6.79. The molecule has 0 aromatic heterocycles. The van der Waals surface area contributed by atoms with Crippen LogP contribution in [-0.4, -0.2) is 34.0 Å². The lowest BCUT2D eigenvalue weighted by molar-refractivity contribution is 0.345. The van der Waals surface area contributed by atoms with Crippen LogP contribution in [0.1, 0.15) is 18.1 Å². The summed E-state index contributed by atoms with van der Waals surface area (Å²) in [5.74, 6) is 0.655. The van der Waals surface area contributed by atoms with Gasteiger partial charge in [0.1, 0.15) is 5.75 Å². The number of benzene rings is 3. The maximum atomic E-state index is 13.0. The van der Waals surface area contributed by atoms with E-state index in [4.69, 9.17) is 4.74 Å². The van der Waals surface area contributed by atoms with Gasteiger partial charge in [0.2, 0.25) is 10.0 Å². The maximum Gasteiger partial charge on any atom is 0.241 e. The van der Waals surface area contributed by atoms with Gasteiger partial charge in [0.15, 0.2) is 0 Å². The molecule has 0 amide bonds. The molecule has 0 bridgehead atoms. The Bertz CT molecular complexity index is 1060. The fourth-order valence-electron chi connectivity index (χ4n) is 3.17. The second-order valence-corrected chi connectivity index (χ2v) is 8.52. The molecule has 0 fully saturated rings. The number of nitrogens with zero attached hydrogens (tertiary/aromatic N) is 1. The zero-order chi connectivity index (χ0) is 20.1. The van der Waals surface area contributed by atoms with Gasteiger partial charge in [-0.2, -0.15) is 0 Å². The molecule has 0 aliphatic carbocycles. The largest absolute Gasteiger partial charge is 0.496 e. The Kier molecular flexibility index (Phi) is 6.34. The van der Waals surface area contributed by atoms with E-state index in [-0.39, 0.29) is 11.4 Å². The van der Waals surface area contributed by atoms with Crippen molar-refractivity contribution >= 4 is 20.8 Å². The molecule has 3 aromatic rings. The van der Waals surface area contributed by atoms with E-state index in [1.807, 2.05) is 36.4 Å². The van der Waals surface area contributed by atoms with E-state index in [0.29, 0.717) is 11.1 Å². The van der Waals surface area contributed by atoms with Crippen molar-refractivity contribution in [3.8, 4) is 5.75 Å². The predicted octanol–water partition coefficient (Wildman–Crippen LogP) is 3.78. The zero-order valence-electron chi connectivity index (χ0n) is 16.5. The van der Waals surface area contributed by atoms with Crippen LogP contribution in [0.4, 0.5) is 0 Å². The molecule has 0 aliphatic heterocycles. The van der Waals surface area contributed by atoms with E-state index < -0.39 is 10.0 Å². The summed E-state index contributed by atoms with van der Waals surface area (Å²) in [6, 6.07) is 18.6. The van der Waals surface area contributed by atoms with E-state index in [9.17, 15) is 8.42 Å². The van der Waals surface area contributed by atoms with Gasteiger partial charge in [0.05, 0.1) is 12.0 Å². The van der Waals surface area contributed by atoms with Crippen molar-refractivity contribution in [2.24, 2.45) is 0 Å². The Morgan fingerprint density at radius 2 is 1.68 bits per heavy atom. The van der Waals surface area contributed by atoms with Gasteiger partial charge in [-0.15, -0.1) is 0 Å². The summed E-state index contributed by atoms with van der Waals surface area (Å²) < 4.78 is 34.0. The van der Waals surface area contributed by atoms with E-state index in [0.717, 1.165) is 29.6 Å². The molecule has 5 nitrogen and oxygen atoms in total. The van der Waals surface area contributed by atoms with Gasteiger partial charge in [0, 0.05) is 23.9 Å². The Morgan fingerprint density at radius 3 is 2.39 bits per heavy atom. The quantitative estimate of drug-likeness (QED) is 0.627. The third-order valence-corrected chi connectivity index (χ3v) is 6.26. The number of hydrogen-bond donors (Lipinski definition) is 1. The smallest absolute Gasteiger partial charge is 0.241 e. The zero-order valence-corrected chi connectivity index (χ0v) is 17.3. The lowest BCUT2D eigenvalue weighted by atomic mass is 10.1. The minimum absolute atomic E-state index is 0.242. The van der Waals surface area contributed by atoms with Gasteiger partial charge in [-0.3, -0.25) is 0 Å². The normalized spacial score (nSPS) is 11.9. The van der Waals surface area contributed by atoms with Gasteiger partial charge in [-0.25, -0.2) is 13.1 Å². The first-order valence-corrected chi connectivity index (χ1v) is 10.7. The third-order valence-electron chi connectivity index (χ3n) is 4.80. The Morgan fingerprint density at radius 1 is 0.964 bits per heavy atom. The van der Waals surface area contributed by atoms with Crippen molar-refractivity contribution in [3.05, 3.63) is 71.8 Å². The lowest BCUT2D eigenvalue weighted by Gasteiger charge is -2.15. The molecule has 0 radical (unpaired) electrons. The number of fused-ring (bicyclic) bond motifs is 1. The molecule has 0 spiro atoms. The highest BCUT2D eigenvalue weighted by atomic mass is 32.2. The van der Waals surface area contributed by atoms with Crippen molar-refractivity contribution in [3.63, 3.8) is 0 Å². The molecule has 0 heterocycles. The number of ether oxygens (including phenoxy) is 1. The minimum Gasteiger partial charge on any atom is -0.496 e. The van der Waals surface area contributed by atoms with Crippen LogP contribution >= 0.6 is 0 Å². The minimum atomic E-state index is -3.67. The molecule has 3 aromatic carbocycles. The van der Waals surface area contributed by atoms with Gasteiger partial charge in [-0.1, -0.05) is 55.5 Å². The Hall–Kier alpha value is -2.41. The van der Waals surface area contributed by atoms with Crippen molar-refractivity contribution in [1.29, 1.82) is 0 Å². The van der Waals surface area contributed by atoms with Crippen LogP contribution in [0.5, 0.6) is 5.75 Å². The van der Waals surface area contributed by atoms with E-state index >= 15 is 0 Å². The van der Waals surface area contributed by atoms with Gasteiger partial charge < -0.3 is 9.64 Å². The van der Waals surface area contributed by atoms with Crippen molar-refractivity contribution < 1.29 is 13.2 Å². The highest BCUT2D eigenvalue weighted by molar-refractivity contribution is 7.89. The first-order chi connectivity index (χ1) is 13.4. The van der Waals surface area contributed by atoms with Crippen LogP contribution in [0.3, 0.4) is 0 Å². The summed E-state index contributed by atoms with van der Waals surface area (Å²) in [7, 11) is -0.0264. The van der Waals surface area contributed by atoms with E-state index in [2.05, 4.69) is 29.7 Å². The number of methoxy groups -OCH3 is 1. The lowest BCUT2D eigenvalue weighted by Crippen LogP contribution is -2.23. The molecule has 0 aliphatic rings. The van der Waals surface area contributed by atoms with Crippen molar-refractivity contribution in [1.82, 2.24) is 9.62 Å². The summed E-state index contributed by atoms with van der Waals surface area (Å²) in [6.45, 7) is 4.14. The maximum absolute atomic E-state index is 13.0. The summed E-state index contributed by atoms with van der Waals surface area (Å²) in [5.41, 5.74) is 2.10. The molecule has 1 N–H and O–H groups in total. The third kappa shape index (κ3) is 4.52. The number of rotatable bonds is 8. The molecule has 0 saturated heterocycles. The van der Waals surface area contributed by atoms with Crippen LogP contribution in [0.15, 0.2) is 65.6 Å². The van der Waals surface area contributed by atoms with Crippen molar-refractivity contribution in [2.45, 2.75) is 24.9 Å². The summed E-state index contributed by atoms with van der Waals surface area (Å²) in [6.07, 6.45) is 0. The molecular formula is C22H26N2O3S. The SMILES string of the molecule is CCN(C)Cc1cccc(CNS(=O)(=O)c2ccc(OC)c3ccccc23)c1. The van der Waals surface area contributed by atoms with Crippen LogP contribution in [-0.2, 0) is 23.1 Å². The van der Waals surface area contributed by atoms with Crippen LogP contribution in [0.25, 0.3) is 10.8 Å². The first kappa shape index (κ1) is 20.3. The van der Waals surface area contributed by atoms with Gasteiger partial charge >= 0.3 is 0 Å². The second kappa shape index (κ2) is 8.73. The van der Waals surface area contributed by atoms with Gasteiger partial charge in [-0.05, 0) is 36.9 Å². The molecule has 0 atom stereocenters. The summed E-state index contributed by atoms with van der Waals surface area (Å²) in [5, 5.41) is 1.42. The number of sulfonamides is 1. The summed E-state index contributed by atoms with van der Waals surface area (Å²) >= 11 is 0. The molecular weight excluding hydrogens is 372 g/mol. The average Bonchev–Trinajstić information content (AvgIpc) is 2.71. The van der Waals surface area contributed by atoms with Crippen LogP contribution < -0.4 is 9.46 Å². The Balaban J connectivity index is 1.84. The number of nitrogens with one attached hydrogen (secondary N) is 1. The Labute approximate surface area is 167 Å². The fourth-order valence-corrected chi connectivity index (χ4v) is 4.40. The standard InChI is InChI=1S/C22H26N2O3S/c1-4-24(2)16-18-9-7-8-17(14-18)15-23-28(25,26)22-13-12-21(27-3)19-10-5-6-11-20(19)22/h5-14,23H,4,15-16H2,1-3H3. The fraction of sp³-hybridized carbons (Fsp3) is 0.273. The van der Waals surface area contributed by atoms with E-state index in [1.54, 1.807) is 25.3 Å². The molecule has 3 rings (SSSR count). The highest BCUT2D eigenvalue weighted by Gasteiger charge is 2.18. The molecule has 148 valence electrons. The average molecular weight is 399 g/mol. The van der Waals surface area contributed by atoms with Gasteiger partial charge in [0.25, 0.3) is 0 Å². The topological polar surface area (TPSA) is 58.6 Å². The van der Waals surface area contributed by atoms with E-state index in [1.165, 1.54) is 0 Å². The molecule has 6 heteroatoms. The predicted molar refractivity (Wildman–Crippen MR) is 113 cm³/mol. The van der Waals surface area contributed by atoms with Crippen molar-refractivity contribution in [2.75, 3.05) is 20.7 Å². The first-order valence-electron chi connectivity index (χ1n) is 9.26. The molecule has 28 heavy (non-hydrogen) atoms. The van der Waals surface area contributed by atoms with Crippen LogP contribution in [0.2, 0.25) is 0 Å². The highest BCUT2D eigenvalue weighted by Crippen LogP contribution is 2.30. The van der Waals surface area contributed by atoms with Crippen LogP contribution in [0, 0.1) is 0 Å². The molecule has 0 unspecified atom stereocenters.